The van der Waals surface area contributed by atoms with Crippen molar-refractivity contribution in [3.8, 4) is 0 Å². The lowest BCUT2D eigenvalue weighted by atomic mass is 10.0. The van der Waals surface area contributed by atoms with Crippen LogP contribution < -0.4 is 0 Å². The number of benzene rings is 1. The molecule has 1 nitrogen and oxygen atoms in total. The predicted octanol–water partition coefficient (Wildman–Crippen LogP) is 6.53. The Morgan fingerprint density at radius 3 is 2.30 bits per heavy atom. The third kappa shape index (κ3) is 5.16. The highest BCUT2D eigenvalue weighted by Gasteiger charge is 2.04. The number of rotatable bonds is 4. The van der Waals surface area contributed by atoms with Crippen LogP contribution >= 0.6 is 45.2 Å². The first-order valence-corrected chi connectivity index (χ1v) is 8.74. The third-order valence-electron chi connectivity index (χ3n) is 3.12. The Balaban J connectivity index is 3.07. The van der Waals surface area contributed by atoms with Crippen LogP contribution in [0.1, 0.15) is 23.6 Å². The average molecular weight is 491 g/mol. The summed E-state index contributed by atoms with van der Waals surface area (Å²) in [6, 6.07) is 4.28. The summed E-state index contributed by atoms with van der Waals surface area (Å²) in [5, 5.41) is 0. The second kappa shape index (κ2) is 8.77. The van der Waals surface area contributed by atoms with Gasteiger partial charge in [-0.15, -0.1) is 0 Å². The van der Waals surface area contributed by atoms with Gasteiger partial charge in [0.1, 0.15) is 3.72 Å². The first-order valence-electron chi connectivity index (χ1n) is 6.41. The Kier molecular flexibility index (Phi) is 7.72. The predicted molar refractivity (Wildman–Crippen MR) is 108 cm³/mol. The zero-order valence-electron chi connectivity index (χ0n) is 12.2. The molecule has 0 aliphatic heterocycles. The van der Waals surface area contributed by atoms with E-state index in [0.29, 0.717) is 0 Å². The second-order valence-electron chi connectivity index (χ2n) is 4.52. The minimum absolute atomic E-state index is 0.987. The van der Waals surface area contributed by atoms with E-state index in [4.69, 9.17) is 4.99 Å². The highest BCUT2D eigenvalue weighted by molar-refractivity contribution is 14.1. The Morgan fingerprint density at radius 2 is 1.70 bits per heavy atom. The molecule has 0 aliphatic rings. The molecule has 0 unspecified atom stereocenters. The molecule has 0 aliphatic carbocycles. The Hall–Kier alpha value is -0.430. The highest BCUT2D eigenvalue weighted by Crippen LogP contribution is 2.27. The van der Waals surface area contributed by atoms with E-state index in [1.165, 1.54) is 22.3 Å². The maximum Gasteiger partial charge on any atom is 0.102 e. The quantitative estimate of drug-likeness (QED) is 0.258. The van der Waals surface area contributed by atoms with Gasteiger partial charge in [0.15, 0.2) is 0 Å². The lowest BCUT2D eigenvalue weighted by molar-refractivity contribution is 1.27. The minimum atomic E-state index is 0.987. The summed E-state index contributed by atoms with van der Waals surface area (Å²) < 4.78 is 3.00. The van der Waals surface area contributed by atoms with Gasteiger partial charge in [-0.05, 0) is 88.8 Å². The molecule has 1 aromatic rings. The SMILES string of the molecule is C/C=C(\C=C/I)/C=C/C(I)=Nc1c(C)ccc(C)c1C. The number of halogens is 2. The van der Waals surface area contributed by atoms with Gasteiger partial charge < -0.3 is 0 Å². The lowest BCUT2D eigenvalue weighted by Crippen LogP contribution is -1.87. The van der Waals surface area contributed by atoms with E-state index >= 15 is 0 Å². The molecule has 0 amide bonds. The number of nitrogens with zero attached hydrogens (tertiary/aromatic N) is 1. The average Bonchev–Trinajstić information content (AvgIpc) is 2.43. The van der Waals surface area contributed by atoms with E-state index in [0.717, 1.165) is 9.41 Å². The van der Waals surface area contributed by atoms with Crippen molar-refractivity contribution in [1.29, 1.82) is 0 Å². The largest absolute Gasteiger partial charge is 0.242 e. The third-order valence-corrected chi connectivity index (χ3v) is 4.08. The van der Waals surface area contributed by atoms with Crippen LogP contribution in [0.2, 0.25) is 0 Å². The van der Waals surface area contributed by atoms with Gasteiger partial charge in [0.05, 0.1) is 5.69 Å². The number of aryl methyl sites for hydroxylation is 2. The topological polar surface area (TPSA) is 12.4 Å². The number of aliphatic imine (C=N–C) groups is 1. The molecule has 1 aromatic carbocycles. The van der Waals surface area contributed by atoms with Crippen molar-refractivity contribution in [2.24, 2.45) is 4.99 Å². The summed E-state index contributed by atoms with van der Waals surface area (Å²) in [7, 11) is 0. The van der Waals surface area contributed by atoms with Gasteiger partial charge >= 0.3 is 0 Å². The van der Waals surface area contributed by atoms with Gasteiger partial charge in [0.2, 0.25) is 0 Å². The number of hydrogen-bond acceptors (Lipinski definition) is 1. The molecule has 0 atom stereocenters. The zero-order chi connectivity index (χ0) is 15.1. The van der Waals surface area contributed by atoms with Crippen molar-refractivity contribution in [3.05, 3.63) is 62.8 Å². The maximum atomic E-state index is 4.75. The molecule has 0 N–H and O–H groups in total. The molecule has 106 valence electrons. The van der Waals surface area contributed by atoms with E-state index in [2.05, 4.69) is 96.3 Å². The van der Waals surface area contributed by atoms with Crippen LogP contribution in [-0.2, 0) is 0 Å². The summed E-state index contributed by atoms with van der Waals surface area (Å²) in [6.07, 6.45) is 8.29. The fraction of sp³-hybridized carbons (Fsp3) is 0.235. The van der Waals surface area contributed by atoms with Gasteiger partial charge in [0, 0.05) is 0 Å². The van der Waals surface area contributed by atoms with E-state index in [-0.39, 0.29) is 0 Å². The van der Waals surface area contributed by atoms with Crippen LogP contribution in [-0.4, -0.2) is 3.72 Å². The fourth-order valence-corrected chi connectivity index (χ4v) is 2.57. The number of allylic oxidation sites excluding steroid dienone is 5. The normalized spacial score (nSPS) is 13.7. The zero-order valence-corrected chi connectivity index (χ0v) is 16.6. The molecular formula is C17H19I2N. The summed E-state index contributed by atoms with van der Waals surface area (Å²) in [6.45, 7) is 8.40. The summed E-state index contributed by atoms with van der Waals surface area (Å²) >= 11 is 4.50. The molecule has 0 spiro atoms. The molecule has 1 rings (SSSR count). The van der Waals surface area contributed by atoms with Crippen LogP contribution in [0, 0.1) is 20.8 Å². The van der Waals surface area contributed by atoms with Gasteiger partial charge in [-0.1, -0.05) is 46.9 Å². The van der Waals surface area contributed by atoms with Gasteiger partial charge in [0.25, 0.3) is 0 Å². The molecule has 0 heterocycles. The molecule has 0 radical (unpaired) electrons. The molecular weight excluding hydrogens is 472 g/mol. The van der Waals surface area contributed by atoms with E-state index < -0.39 is 0 Å². The Bertz CT molecular complexity index is 593. The first-order chi connectivity index (χ1) is 9.49. The van der Waals surface area contributed by atoms with Gasteiger partial charge in [-0.25, -0.2) is 4.99 Å². The summed E-state index contributed by atoms with van der Waals surface area (Å²) in [5.41, 5.74) is 6.02. The molecule has 0 saturated carbocycles. The van der Waals surface area contributed by atoms with Crippen molar-refractivity contribution < 1.29 is 0 Å². The van der Waals surface area contributed by atoms with Crippen LogP contribution in [0.4, 0.5) is 5.69 Å². The maximum absolute atomic E-state index is 4.75. The summed E-state index contributed by atoms with van der Waals surface area (Å²) in [4.78, 5) is 4.75. The molecule has 0 saturated heterocycles. The van der Waals surface area contributed by atoms with Crippen molar-refractivity contribution in [2.75, 3.05) is 0 Å². The molecule has 20 heavy (non-hydrogen) atoms. The van der Waals surface area contributed by atoms with Crippen molar-refractivity contribution >= 4 is 54.6 Å². The first kappa shape index (κ1) is 17.6. The molecule has 0 aromatic heterocycles. The van der Waals surface area contributed by atoms with E-state index in [1.54, 1.807) is 0 Å². The highest BCUT2D eigenvalue weighted by atomic mass is 127. The van der Waals surface area contributed by atoms with Gasteiger partial charge in [-0.2, -0.15) is 0 Å². The molecule has 3 heteroatoms. The van der Waals surface area contributed by atoms with Crippen LogP contribution in [0.5, 0.6) is 0 Å². The standard InChI is InChI=1S/C17H19I2N/c1-5-15(10-11-18)8-9-16(19)20-17-13(3)7-6-12(2)14(17)4/h5-11H,1-4H3/b9-8+,11-10-,15-5-,20-16?. The van der Waals surface area contributed by atoms with E-state index in [9.17, 15) is 0 Å². The summed E-state index contributed by atoms with van der Waals surface area (Å²) in [5.74, 6) is 0. The van der Waals surface area contributed by atoms with Crippen molar-refractivity contribution in [1.82, 2.24) is 0 Å². The van der Waals surface area contributed by atoms with Crippen molar-refractivity contribution in [3.63, 3.8) is 0 Å². The number of hydrogen-bond donors (Lipinski definition) is 0. The fourth-order valence-electron chi connectivity index (χ4n) is 1.74. The van der Waals surface area contributed by atoms with Crippen LogP contribution in [0.25, 0.3) is 0 Å². The lowest BCUT2D eigenvalue weighted by Gasteiger charge is -2.07. The van der Waals surface area contributed by atoms with Gasteiger partial charge in [-0.3, -0.25) is 0 Å². The second-order valence-corrected chi connectivity index (χ2v) is 6.35. The Morgan fingerprint density at radius 1 is 1.05 bits per heavy atom. The molecule has 0 fully saturated rings. The minimum Gasteiger partial charge on any atom is -0.242 e. The van der Waals surface area contributed by atoms with Crippen molar-refractivity contribution in [2.45, 2.75) is 27.7 Å². The Labute approximate surface area is 149 Å². The van der Waals surface area contributed by atoms with E-state index in [1.807, 2.05) is 17.1 Å². The molecule has 0 bridgehead atoms. The monoisotopic (exact) mass is 491 g/mol. The van der Waals surface area contributed by atoms with Crippen LogP contribution in [0.15, 0.2) is 51.1 Å². The smallest absolute Gasteiger partial charge is 0.102 e. The van der Waals surface area contributed by atoms with Crippen LogP contribution in [0.3, 0.4) is 0 Å².